The minimum absolute atomic E-state index is 0.180. The van der Waals surface area contributed by atoms with Gasteiger partial charge in [0.2, 0.25) is 0 Å². The molecule has 8 nitrogen and oxygen atoms in total. The van der Waals surface area contributed by atoms with Gasteiger partial charge in [0, 0.05) is 10.6 Å². The zero-order valence-corrected chi connectivity index (χ0v) is 21.5. The van der Waals surface area contributed by atoms with Gasteiger partial charge in [-0.15, -0.1) is 11.8 Å². The number of carbonyl (C=O) groups is 3. The number of barbiturate groups is 1. The van der Waals surface area contributed by atoms with Gasteiger partial charge < -0.3 is 14.2 Å². The topological polar surface area (TPSA) is 94.2 Å². The third-order valence-corrected chi connectivity index (χ3v) is 6.54. The molecule has 1 N–H and O–H groups in total. The summed E-state index contributed by atoms with van der Waals surface area (Å²) >= 11 is 1.69. The molecule has 0 aromatic heterocycles. The first kappa shape index (κ1) is 25.8. The van der Waals surface area contributed by atoms with E-state index >= 15 is 0 Å². The summed E-state index contributed by atoms with van der Waals surface area (Å²) in [6.07, 6.45) is 1.42. The highest BCUT2D eigenvalue weighted by Crippen LogP contribution is 2.30. The van der Waals surface area contributed by atoms with Crippen molar-refractivity contribution in [1.29, 1.82) is 0 Å². The molecule has 4 rings (SSSR count). The number of amides is 4. The Labute approximate surface area is 219 Å². The van der Waals surface area contributed by atoms with E-state index in [2.05, 4.69) is 36.5 Å². The summed E-state index contributed by atoms with van der Waals surface area (Å²) in [5, 5.41) is 2.22. The van der Waals surface area contributed by atoms with Crippen molar-refractivity contribution in [2.75, 3.05) is 31.5 Å². The third-order valence-electron chi connectivity index (χ3n) is 5.56. The Morgan fingerprint density at radius 3 is 2.30 bits per heavy atom. The zero-order valence-electron chi connectivity index (χ0n) is 20.6. The van der Waals surface area contributed by atoms with E-state index in [0.29, 0.717) is 35.1 Å². The number of thioether (sulfide) groups is 1. The molecule has 37 heavy (non-hydrogen) atoms. The van der Waals surface area contributed by atoms with Gasteiger partial charge in [-0.25, -0.2) is 9.69 Å². The third kappa shape index (κ3) is 6.13. The molecule has 3 aromatic carbocycles. The SMILES string of the molecule is COc1ccc(N2C(=O)NC(=O)C(=Cc3ccc(OCCSc4ccc(C)cc4)c(OC)c3)C2=O)cc1. The number of rotatable bonds is 9. The Morgan fingerprint density at radius 1 is 0.892 bits per heavy atom. The second-order valence-electron chi connectivity index (χ2n) is 8.08. The second kappa shape index (κ2) is 11.7. The van der Waals surface area contributed by atoms with Gasteiger partial charge in [-0.05, 0) is 67.1 Å². The smallest absolute Gasteiger partial charge is 0.335 e. The Bertz CT molecular complexity index is 1340. The first-order valence-corrected chi connectivity index (χ1v) is 12.4. The van der Waals surface area contributed by atoms with Gasteiger partial charge in [-0.1, -0.05) is 23.8 Å². The first-order valence-electron chi connectivity index (χ1n) is 11.5. The number of methoxy groups -OCH3 is 2. The number of hydrogen-bond acceptors (Lipinski definition) is 7. The number of nitrogens with zero attached hydrogens (tertiary/aromatic N) is 1. The lowest BCUT2D eigenvalue weighted by Crippen LogP contribution is -2.54. The maximum atomic E-state index is 13.1. The molecule has 0 atom stereocenters. The lowest BCUT2D eigenvalue weighted by Gasteiger charge is -2.26. The summed E-state index contributed by atoms with van der Waals surface area (Å²) in [6, 6.07) is 19.0. The molecule has 1 saturated heterocycles. The monoisotopic (exact) mass is 518 g/mol. The van der Waals surface area contributed by atoms with E-state index in [-0.39, 0.29) is 5.57 Å². The Morgan fingerprint density at radius 2 is 1.62 bits per heavy atom. The summed E-state index contributed by atoms with van der Waals surface area (Å²) in [5.74, 6) is 0.828. The van der Waals surface area contributed by atoms with Gasteiger partial charge >= 0.3 is 6.03 Å². The van der Waals surface area contributed by atoms with E-state index in [9.17, 15) is 14.4 Å². The van der Waals surface area contributed by atoms with Crippen LogP contribution in [0.25, 0.3) is 6.08 Å². The van der Waals surface area contributed by atoms with Crippen LogP contribution in [-0.2, 0) is 9.59 Å². The van der Waals surface area contributed by atoms with Gasteiger partial charge in [0.15, 0.2) is 11.5 Å². The Kier molecular flexibility index (Phi) is 8.15. The van der Waals surface area contributed by atoms with Crippen molar-refractivity contribution in [1.82, 2.24) is 5.32 Å². The first-order chi connectivity index (χ1) is 17.9. The van der Waals surface area contributed by atoms with Crippen molar-refractivity contribution in [2.45, 2.75) is 11.8 Å². The minimum Gasteiger partial charge on any atom is -0.497 e. The number of anilines is 1. The molecule has 3 aromatic rings. The standard InChI is InChI=1S/C28H26N2O6S/c1-18-4-11-22(12-5-18)37-15-14-36-24-13-6-19(17-25(24)35-3)16-23-26(31)29-28(33)30(27(23)32)20-7-9-21(34-2)10-8-20/h4-13,16-17H,14-15H2,1-3H3,(H,29,31,33). The highest BCUT2D eigenvalue weighted by atomic mass is 32.2. The molecule has 9 heteroatoms. The van der Waals surface area contributed by atoms with Crippen LogP contribution in [0.15, 0.2) is 77.2 Å². The molecule has 1 fully saturated rings. The molecular formula is C28H26N2O6S. The second-order valence-corrected chi connectivity index (χ2v) is 9.24. The molecule has 190 valence electrons. The van der Waals surface area contributed by atoms with Gasteiger partial charge in [0.1, 0.15) is 11.3 Å². The van der Waals surface area contributed by atoms with E-state index < -0.39 is 17.8 Å². The van der Waals surface area contributed by atoms with Crippen molar-refractivity contribution in [3.8, 4) is 17.2 Å². The lowest BCUT2D eigenvalue weighted by atomic mass is 10.1. The summed E-state index contributed by atoms with van der Waals surface area (Å²) in [6.45, 7) is 2.52. The number of imide groups is 2. The zero-order chi connectivity index (χ0) is 26.4. The van der Waals surface area contributed by atoms with E-state index in [1.165, 1.54) is 30.8 Å². The Hall–Kier alpha value is -4.24. The number of urea groups is 1. The van der Waals surface area contributed by atoms with Crippen molar-refractivity contribution < 1.29 is 28.6 Å². The minimum atomic E-state index is -0.817. The maximum Gasteiger partial charge on any atom is 0.335 e. The van der Waals surface area contributed by atoms with Crippen LogP contribution >= 0.6 is 11.8 Å². The predicted octanol–water partition coefficient (Wildman–Crippen LogP) is 4.85. The maximum absolute atomic E-state index is 13.1. The van der Waals surface area contributed by atoms with Crippen molar-refractivity contribution in [2.24, 2.45) is 0 Å². The molecule has 0 aliphatic carbocycles. The largest absolute Gasteiger partial charge is 0.497 e. The molecule has 0 radical (unpaired) electrons. The molecule has 0 saturated carbocycles. The van der Waals surface area contributed by atoms with Crippen molar-refractivity contribution >= 4 is 41.4 Å². The van der Waals surface area contributed by atoms with E-state index in [4.69, 9.17) is 14.2 Å². The molecule has 0 unspecified atom stereocenters. The van der Waals surface area contributed by atoms with Crippen molar-refractivity contribution in [3.05, 3.63) is 83.4 Å². The van der Waals surface area contributed by atoms with Crippen LogP contribution in [0, 0.1) is 6.92 Å². The predicted molar refractivity (Wildman–Crippen MR) is 142 cm³/mol. The Balaban J connectivity index is 1.47. The number of ether oxygens (including phenoxy) is 3. The molecule has 4 amide bonds. The average Bonchev–Trinajstić information content (AvgIpc) is 2.90. The fourth-order valence-corrected chi connectivity index (χ4v) is 4.36. The normalized spacial score (nSPS) is 14.5. The van der Waals surface area contributed by atoms with Crippen LogP contribution in [0.2, 0.25) is 0 Å². The summed E-state index contributed by atoms with van der Waals surface area (Å²) in [7, 11) is 3.03. The van der Waals surface area contributed by atoms with Crippen LogP contribution < -0.4 is 24.4 Å². The van der Waals surface area contributed by atoms with Crippen molar-refractivity contribution in [3.63, 3.8) is 0 Å². The highest BCUT2D eigenvalue weighted by molar-refractivity contribution is 7.99. The van der Waals surface area contributed by atoms with Gasteiger partial charge in [0.05, 0.1) is 26.5 Å². The highest BCUT2D eigenvalue weighted by Gasteiger charge is 2.36. The average molecular weight is 519 g/mol. The van der Waals surface area contributed by atoms with Crippen LogP contribution in [-0.4, -0.2) is 44.4 Å². The van der Waals surface area contributed by atoms with Crippen LogP contribution in [0.1, 0.15) is 11.1 Å². The summed E-state index contributed by atoms with van der Waals surface area (Å²) in [5.41, 5.74) is 1.89. The number of aryl methyl sites for hydroxylation is 1. The number of benzene rings is 3. The van der Waals surface area contributed by atoms with Crippen LogP contribution in [0.5, 0.6) is 17.2 Å². The van der Waals surface area contributed by atoms with Gasteiger partial charge in [-0.2, -0.15) is 0 Å². The fourth-order valence-electron chi connectivity index (χ4n) is 3.63. The lowest BCUT2D eigenvalue weighted by molar-refractivity contribution is -0.122. The molecule has 0 spiro atoms. The van der Waals surface area contributed by atoms with E-state index in [1.807, 2.05) is 0 Å². The molecule has 0 bridgehead atoms. The van der Waals surface area contributed by atoms with Crippen LogP contribution in [0.4, 0.5) is 10.5 Å². The number of hydrogen-bond donors (Lipinski definition) is 1. The number of carbonyl (C=O) groups excluding carboxylic acids is 3. The quantitative estimate of drug-likeness (QED) is 0.187. The molecule has 1 heterocycles. The molecule has 1 aliphatic rings. The van der Waals surface area contributed by atoms with Gasteiger partial charge in [-0.3, -0.25) is 14.9 Å². The summed E-state index contributed by atoms with van der Waals surface area (Å²) in [4.78, 5) is 40.1. The van der Waals surface area contributed by atoms with E-state index in [0.717, 1.165) is 10.7 Å². The molecule has 1 aliphatic heterocycles. The molecular weight excluding hydrogens is 492 g/mol. The van der Waals surface area contributed by atoms with Crippen LogP contribution in [0.3, 0.4) is 0 Å². The number of nitrogens with one attached hydrogen (secondary N) is 1. The fraction of sp³-hybridized carbons (Fsp3) is 0.179. The van der Waals surface area contributed by atoms with Gasteiger partial charge in [0.25, 0.3) is 11.8 Å². The summed E-state index contributed by atoms with van der Waals surface area (Å²) < 4.78 is 16.5. The van der Waals surface area contributed by atoms with E-state index in [1.54, 1.807) is 54.2 Å².